The number of alkyl halides is 3. The molecule has 2 N–H and O–H groups in total. The van der Waals surface area contributed by atoms with Crippen LogP contribution in [0.2, 0.25) is 0 Å². The number of hydrogen-bond acceptors (Lipinski definition) is 6. The Labute approximate surface area is 146 Å². The fraction of sp³-hybridized carbons (Fsp3) is 0.294. The molecule has 1 fully saturated rings. The molecule has 1 aliphatic rings. The number of anilines is 1. The van der Waals surface area contributed by atoms with Crippen LogP contribution >= 0.6 is 0 Å². The highest BCUT2D eigenvalue weighted by molar-refractivity contribution is 5.95. The summed E-state index contributed by atoms with van der Waals surface area (Å²) < 4.78 is 38.2. The molecule has 1 aliphatic heterocycles. The summed E-state index contributed by atoms with van der Waals surface area (Å²) in [7, 11) is 0. The van der Waals surface area contributed by atoms with Crippen LogP contribution in [0.1, 0.15) is 12.0 Å². The Morgan fingerprint density at radius 1 is 1.00 bits per heavy atom. The van der Waals surface area contributed by atoms with Crippen molar-refractivity contribution in [3.05, 3.63) is 42.5 Å². The molecule has 6 nitrogen and oxygen atoms in total. The summed E-state index contributed by atoms with van der Waals surface area (Å²) in [5, 5.41) is 6.61. The highest BCUT2D eigenvalue weighted by Crippen LogP contribution is 2.32. The number of nitrogens with one attached hydrogen (secondary N) is 2. The maximum absolute atomic E-state index is 12.7. The molecule has 0 radical (unpaired) electrons. The molecule has 4 rings (SSSR count). The van der Waals surface area contributed by atoms with E-state index in [9.17, 15) is 13.2 Å². The van der Waals surface area contributed by atoms with Crippen LogP contribution in [-0.4, -0.2) is 39.1 Å². The van der Waals surface area contributed by atoms with E-state index < -0.39 is 11.7 Å². The van der Waals surface area contributed by atoms with E-state index in [0.717, 1.165) is 31.8 Å². The third kappa shape index (κ3) is 3.17. The van der Waals surface area contributed by atoms with Gasteiger partial charge in [-0.3, -0.25) is 9.97 Å². The topological polar surface area (TPSA) is 75.6 Å². The second-order valence-electron chi connectivity index (χ2n) is 6.04. The number of halogens is 3. The summed E-state index contributed by atoms with van der Waals surface area (Å²) in [5.74, 6) is 0.609. The van der Waals surface area contributed by atoms with Gasteiger partial charge in [-0.2, -0.15) is 13.2 Å². The quantitative estimate of drug-likeness (QED) is 0.748. The number of fused-ring (bicyclic) bond motifs is 1. The van der Waals surface area contributed by atoms with Gasteiger partial charge in [-0.25, -0.2) is 9.97 Å². The molecule has 0 spiro atoms. The first-order valence-corrected chi connectivity index (χ1v) is 8.13. The molecule has 134 valence electrons. The van der Waals surface area contributed by atoms with Crippen molar-refractivity contribution in [1.29, 1.82) is 0 Å². The lowest BCUT2D eigenvalue weighted by atomic mass is 10.1. The molecule has 4 heterocycles. The van der Waals surface area contributed by atoms with E-state index in [1.54, 1.807) is 12.4 Å². The normalized spacial score (nSPS) is 17.6. The molecule has 1 atom stereocenters. The second-order valence-corrected chi connectivity index (χ2v) is 6.04. The Balaban J connectivity index is 1.74. The Kier molecular flexibility index (Phi) is 4.15. The van der Waals surface area contributed by atoms with E-state index >= 15 is 0 Å². The molecule has 3 aromatic heterocycles. The average molecular weight is 360 g/mol. The van der Waals surface area contributed by atoms with Crippen molar-refractivity contribution >= 4 is 16.9 Å². The van der Waals surface area contributed by atoms with E-state index in [1.165, 1.54) is 12.3 Å². The zero-order valence-corrected chi connectivity index (χ0v) is 13.6. The van der Waals surface area contributed by atoms with Crippen LogP contribution in [0.4, 0.5) is 19.0 Å². The van der Waals surface area contributed by atoms with Gasteiger partial charge in [-0.15, -0.1) is 0 Å². The standard InChI is InChI=1S/C17H15F3N6/c18-17(19,20)10-1-2-13(24-7-10)12-9-25-16(26-11-3-4-21-8-11)15-14(12)22-5-6-23-15/h1-2,5-7,9,11,21H,3-4,8H2,(H,25,26)/t11-/m0/s1. The third-order valence-electron chi connectivity index (χ3n) is 4.27. The van der Waals surface area contributed by atoms with Crippen LogP contribution in [0.5, 0.6) is 0 Å². The fourth-order valence-electron chi connectivity index (χ4n) is 2.94. The van der Waals surface area contributed by atoms with Crippen molar-refractivity contribution in [3.8, 4) is 11.3 Å². The van der Waals surface area contributed by atoms with Gasteiger partial charge in [0.25, 0.3) is 0 Å². The van der Waals surface area contributed by atoms with Crippen LogP contribution in [0.15, 0.2) is 36.9 Å². The number of nitrogens with zero attached hydrogens (tertiary/aromatic N) is 4. The minimum atomic E-state index is -4.42. The van der Waals surface area contributed by atoms with Gasteiger partial charge < -0.3 is 10.6 Å². The third-order valence-corrected chi connectivity index (χ3v) is 4.27. The first-order valence-electron chi connectivity index (χ1n) is 8.13. The van der Waals surface area contributed by atoms with Gasteiger partial charge in [0.1, 0.15) is 11.0 Å². The number of rotatable bonds is 3. The van der Waals surface area contributed by atoms with Gasteiger partial charge in [-0.1, -0.05) is 0 Å². The lowest BCUT2D eigenvalue weighted by molar-refractivity contribution is -0.137. The Hall–Kier alpha value is -2.81. The summed E-state index contributed by atoms with van der Waals surface area (Å²) in [6.07, 6.45) is 2.04. The van der Waals surface area contributed by atoms with Crippen molar-refractivity contribution < 1.29 is 13.2 Å². The molecule has 1 saturated heterocycles. The first-order chi connectivity index (χ1) is 12.5. The molecule has 0 aliphatic carbocycles. The van der Waals surface area contributed by atoms with E-state index in [-0.39, 0.29) is 6.04 Å². The maximum Gasteiger partial charge on any atom is 0.417 e. The largest absolute Gasteiger partial charge is 0.417 e. The van der Waals surface area contributed by atoms with E-state index in [4.69, 9.17) is 0 Å². The minimum absolute atomic E-state index is 0.253. The van der Waals surface area contributed by atoms with Gasteiger partial charge in [-0.05, 0) is 25.1 Å². The molecule has 9 heteroatoms. The highest BCUT2D eigenvalue weighted by Gasteiger charge is 2.30. The number of aromatic nitrogens is 4. The van der Waals surface area contributed by atoms with Gasteiger partial charge in [0.2, 0.25) is 0 Å². The van der Waals surface area contributed by atoms with Crippen molar-refractivity contribution in [1.82, 2.24) is 25.3 Å². The summed E-state index contributed by atoms with van der Waals surface area (Å²) in [4.78, 5) is 17.0. The van der Waals surface area contributed by atoms with Crippen molar-refractivity contribution in [3.63, 3.8) is 0 Å². The molecule has 0 amide bonds. The minimum Gasteiger partial charge on any atom is -0.364 e. The van der Waals surface area contributed by atoms with E-state index in [1.807, 2.05) is 0 Å². The molecule has 0 aromatic carbocycles. The molecule has 0 bridgehead atoms. The van der Waals surface area contributed by atoms with Gasteiger partial charge in [0.15, 0.2) is 5.82 Å². The van der Waals surface area contributed by atoms with Gasteiger partial charge in [0, 0.05) is 42.9 Å². The lowest BCUT2D eigenvalue weighted by Gasteiger charge is -2.14. The SMILES string of the molecule is FC(F)(F)c1ccc(-c2cnc(N[C@H]3CCNC3)c3nccnc23)nc1. The maximum atomic E-state index is 12.7. The molecule has 0 unspecified atom stereocenters. The first kappa shape index (κ1) is 16.6. The van der Waals surface area contributed by atoms with Crippen molar-refractivity contribution in [2.45, 2.75) is 18.6 Å². The van der Waals surface area contributed by atoms with Crippen LogP contribution in [0, 0.1) is 0 Å². The number of pyridine rings is 2. The van der Waals surface area contributed by atoms with Crippen molar-refractivity contribution in [2.24, 2.45) is 0 Å². The summed E-state index contributed by atoms with van der Waals surface area (Å²) >= 11 is 0. The average Bonchev–Trinajstić information content (AvgIpc) is 3.15. The fourth-order valence-corrected chi connectivity index (χ4v) is 2.94. The Morgan fingerprint density at radius 2 is 1.81 bits per heavy atom. The van der Waals surface area contributed by atoms with Crippen LogP contribution in [-0.2, 0) is 6.18 Å². The summed E-state index contributed by atoms with van der Waals surface area (Å²) in [5.41, 5.74) is 1.22. The molecular formula is C17H15F3N6. The van der Waals surface area contributed by atoms with Crippen LogP contribution in [0.3, 0.4) is 0 Å². The van der Waals surface area contributed by atoms with Crippen molar-refractivity contribution in [2.75, 3.05) is 18.4 Å². The monoisotopic (exact) mass is 360 g/mol. The zero-order valence-electron chi connectivity index (χ0n) is 13.6. The summed E-state index contributed by atoms with van der Waals surface area (Å²) in [6.45, 7) is 1.78. The van der Waals surface area contributed by atoms with E-state index in [2.05, 4.69) is 30.6 Å². The Bertz CT molecular complexity index is 920. The lowest BCUT2D eigenvalue weighted by Crippen LogP contribution is -2.23. The Morgan fingerprint density at radius 3 is 2.46 bits per heavy atom. The molecule has 3 aromatic rings. The predicted octanol–water partition coefficient (Wildman–Crippen LogP) is 2.88. The number of hydrogen-bond donors (Lipinski definition) is 2. The van der Waals surface area contributed by atoms with Crippen LogP contribution < -0.4 is 10.6 Å². The summed E-state index contributed by atoms with van der Waals surface area (Å²) in [6, 6.07) is 2.57. The van der Waals surface area contributed by atoms with E-state index in [0.29, 0.717) is 28.1 Å². The molecule has 26 heavy (non-hydrogen) atoms. The predicted molar refractivity (Wildman–Crippen MR) is 90.5 cm³/mol. The smallest absolute Gasteiger partial charge is 0.364 e. The molecular weight excluding hydrogens is 345 g/mol. The zero-order chi connectivity index (χ0) is 18.1. The van der Waals surface area contributed by atoms with Gasteiger partial charge in [0.05, 0.1) is 11.3 Å². The second kappa shape index (κ2) is 6.49. The van der Waals surface area contributed by atoms with Crippen LogP contribution in [0.25, 0.3) is 22.3 Å². The highest BCUT2D eigenvalue weighted by atomic mass is 19.4. The molecule has 0 saturated carbocycles. The van der Waals surface area contributed by atoms with Gasteiger partial charge >= 0.3 is 6.18 Å².